The Morgan fingerprint density at radius 1 is 1.24 bits per heavy atom. The van der Waals surface area contributed by atoms with Crippen LogP contribution < -0.4 is 10.1 Å². The SMILES string of the molecule is CN[C@@H]1CCN(CC(c2cccc(OC(F)(F)F)c2)C2(O)CCCCC2)C1.Cl.Cl. The molecule has 0 amide bonds. The number of alkyl halides is 3. The van der Waals surface area contributed by atoms with Gasteiger partial charge >= 0.3 is 6.36 Å². The second-order valence-corrected chi connectivity index (χ2v) is 7.87. The smallest absolute Gasteiger partial charge is 0.406 e. The topological polar surface area (TPSA) is 44.7 Å². The van der Waals surface area contributed by atoms with Crippen molar-refractivity contribution in [2.75, 3.05) is 26.7 Å². The number of halogens is 5. The van der Waals surface area contributed by atoms with Crippen molar-refractivity contribution in [3.63, 3.8) is 0 Å². The first-order chi connectivity index (χ1) is 12.8. The number of likely N-dealkylation sites (tertiary alicyclic amines) is 1. The molecular weight excluding hydrogens is 428 g/mol. The fourth-order valence-corrected chi connectivity index (χ4v) is 4.52. The van der Waals surface area contributed by atoms with Crippen molar-refractivity contribution in [1.29, 1.82) is 0 Å². The van der Waals surface area contributed by atoms with E-state index in [2.05, 4.69) is 15.0 Å². The van der Waals surface area contributed by atoms with Gasteiger partial charge in [0.2, 0.25) is 0 Å². The normalized spacial score (nSPS) is 23.0. The van der Waals surface area contributed by atoms with Gasteiger partial charge in [-0.3, -0.25) is 0 Å². The Kier molecular flexibility index (Phi) is 10.0. The summed E-state index contributed by atoms with van der Waals surface area (Å²) >= 11 is 0. The Morgan fingerprint density at radius 3 is 2.52 bits per heavy atom. The first-order valence-corrected chi connectivity index (χ1v) is 9.77. The first kappa shape index (κ1) is 26.3. The molecule has 0 bridgehead atoms. The fraction of sp³-hybridized carbons (Fsp3) is 0.700. The van der Waals surface area contributed by atoms with Gasteiger partial charge in [-0.15, -0.1) is 38.0 Å². The minimum Gasteiger partial charge on any atom is -0.406 e. The molecule has 168 valence electrons. The van der Waals surface area contributed by atoms with Gasteiger partial charge in [0.1, 0.15) is 5.75 Å². The number of benzene rings is 1. The van der Waals surface area contributed by atoms with E-state index in [1.807, 2.05) is 13.1 Å². The van der Waals surface area contributed by atoms with Crippen LogP contribution in [0.25, 0.3) is 0 Å². The van der Waals surface area contributed by atoms with Crippen molar-refractivity contribution in [3.8, 4) is 5.75 Å². The molecule has 1 saturated heterocycles. The Labute approximate surface area is 183 Å². The second-order valence-electron chi connectivity index (χ2n) is 7.87. The maximum Gasteiger partial charge on any atom is 0.573 e. The minimum absolute atomic E-state index is 0. The molecule has 1 heterocycles. The molecule has 2 N–H and O–H groups in total. The lowest BCUT2D eigenvalue weighted by molar-refractivity contribution is -0.274. The van der Waals surface area contributed by atoms with Crippen LogP contribution in [0.2, 0.25) is 0 Å². The molecule has 0 spiro atoms. The molecule has 0 aromatic heterocycles. The number of ether oxygens (including phenoxy) is 1. The van der Waals surface area contributed by atoms with Gasteiger partial charge in [-0.05, 0) is 50.6 Å². The van der Waals surface area contributed by atoms with Gasteiger partial charge in [0, 0.05) is 25.0 Å². The summed E-state index contributed by atoms with van der Waals surface area (Å²) in [6.07, 6.45) is 0.688. The highest BCUT2D eigenvalue weighted by Gasteiger charge is 2.41. The molecule has 9 heteroatoms. The molecule has 4 nitrogen and oxygen atoms in total. The van der Waals surface area contributed by atoms with Crippen LogP contribution in [0.15, 0.2) is 24.3 Å². The van der Waals surface area contributed by atoms with Crippen LogP contribution in [0.4, 0.5) is 13.2 Å². The van der Waals surface area contributed by atoms with Gasteiger partial charge in [-0.25, -0.2) is 0 Å². The van der Waals surface area contributed by atoms with Gasteiger partial charge in [-0.1, -0.05) is 31.4 Å². The molecule has 3 rings (SSSR count). The Hall–Kier alpha value is -0.730. The van der Waals surface area contributed by atoms with Gasteiger partial charge in [0.25, 0.3) is 0 Å². The summed E-state index contributed by atoms with van der Waals surface area (Å²) in [5.41, 5.74) is -0.165. The third-order valence-corrected chi connectivity index (χ3v) is 5.98. The van der Waals surface area contributed by atoms with Crippen LogP contribution >= 0.6 is 24.8 Å². The lowest BCUT2D eigenvalue weighted by atomic mass is 9.72. The van der Waals surface area contributed by atoms with Crippen LogP contribution in [0.3, 0.4) is 0 Å². The monoisotopic (exact) mass is 458 g/mol. The van der Waals surface area contributed by atoms with Gasteiger partial charge in [0.15, 0.2) is 0 Å². The number of aliphatic hydroxyl groups is 1. The highest BCUT2D eigenvalue weighted by atomic mass is 35.5. The van der Waals surface area contributed by atoms with Crippen molar-refractivity contribution in [1.82, 2.24) is 10.2 Å². The predicted octanol–water partition coefficient (Wildman–Crippen LogP) is 4.50. The van der Waals surface area contributed by atoms with Crippen LogP contribution in [-0.4, -0.2) is 54.7 Å². The highest BCUT2D eigenvalue weighted by molar-refractivity contribution is 5.85. The number of nitrogens with one attached hydrogen (secondary N) is 1. The van der Waals surface area contributed by atoms with E-state index in [0.717, 1.165) is 38.8 Å². The van der Waals surface area contributed by atoms with Crippen molar-refractivity contribution >= 4 is 24.8 Å². The van der Waals surface area contributed by atoms with E-state index < -0.39 is 12.0 Å². The summed E-state index contributed by atoms with van der Waals surface area (Å²) in [6, 6.07) is 6.57. The largest absolute Gasteiger partial charge is 0.573 e. The molecular formula is C20H31Cl2F3N2O2. The Balaban J connectivity index is 0.00000210. The lowest BCUT2D eigenvalue weighted by Crippen LogP contribution is -2.44. The molecule has 1 aliphatic carbocycles. The van der Waals surface area contributed by atoms with E-state index in [1.54, 1.807) is 6.07 Å². The molecule has 1 saturated carbocycles. The van der Waals surface area contributed by atoms with Gasteiger partial charge < -0.3 is 20.1 Å². The highest BCUT2D eigenvalue weighted by Crippen LogP contribution is 2.41. The van der Waals surface area contributed by atoms with E-state index in [4.69, 9.17) is 0 Å². The number of hydrogen-bond acceptors (Lipinski definition) is 4. The summed E-state index contributed by atoms with van der Waals surface area (Å²) in [5.74, 6) is -0.455. The second kappa shape index (κ2) is 11.0. The third-order valence-electron chi connectivity index (χ3n) is 5.98. The summed E-state index contributed by atoms with van der Waals surface area (Å²) in [6.45, 7) is 2.46. The maximum atomic E-state index is 12.6. The Bertz CT molecular complexity index is 628. The molecule has 1 aliphatic heterocycles. The van der Waals surface area contributed by atoms with Crippen LogP contribution in [-0.2, 0) is 0 Å². The lowest BCUT2D eigenvalue weighted by Gasteiger charge is -2.41. The first-order valence-electron chi connectivity index (χ1n) is 9.77. The van der Waals surface area contributed by atoms with Crippen molar-refractivity contribution in [2.45, 2.75) is 62.4 Å². The van der Waals surface area contributed by atoms with Crippen LogP contribution in [0, 0.1) is 0 Å². The summed E-state index contributed by atoms with van der Waals surface area (Å²) < 4.78 is 42.0. The minimum atomic E-state index is -4.72. The Morgan fingerprint density at radius 2 is 1.93 bits per heavy atom. The zero-order valence-electron chi connectivity index (χ0n) is 16.6. The third kappa shape index (κ3) is 7.17. The van der Waals surface area contributed by atoms with Gasteiger partial charge in [0.05, 0.1) is 5.60 Å². The quantitative estimate of drug-likeness (QED) is 0.658. The molecule has 0 radical (unpaired) electrons. The number of hydrogen-bond donors (Lipinski definition) is 2. The molecule has 2 aliphatic rings. The zero-order chi connectivity index (χ0) is 19.5. The molecule has 1 aromatic carbocycles. The standard InChI is InChI=1S/C20H29F3N2O2.2ClH/c1-24-16-8-11-25(13-16)14-18(19(26)9-3-2-4-10-19)15-6-5-7-17(12-15)27-20(21,22)23;;/h5-7,12,16,18,24,26H,2-4,8-11,13-14H2,1H3;2*1H/t16-,18?;;/m1../s1. The van der Waals surface area contributed by atoms with E-state index in [9.17, 15) is 18.3 Å². The molecule has 2 fully saturated rings. The summed E-state index contributed by atoms with van der Waals surface area (Å²) in [4.78, 5) is 2.30. The number of likely N-dealkylation sites (N-methyl/N-ethyl adjacent to an activating group) is 1. The number of rotatable bonds is 6. The molecule has 1 unspecified atom stereocenters. The average molecular weight is 459 g/mol. The van der Waals surface area contributed by atoms with Crippen molar-refractivity contribution < 1.29 is 23.0 Å². The zero-order valence-corrected chi connectivity index (χ0v) is 18.2. The molecule has 1 aromatic rings. The number of nitrogens with zero attached hydrogens (tertiary/aromatic N) is 1. The van der Waals surface area contributed by atoms with E-state index in [-0.39, 0.29) is 36.5 Å². The predicted molar refractivity (Wildman–Crippen MR) is 112 cm³/mol. The summed E-state index contributed by atoms with van der Waals surface area (Å²) in [5, 5.41) is 14.7. The molecule has 29 heavy (non-hydrogen) atoms. The van der Waals surface area contributed by atoms with Gasteiger partial charge in [-0.2, -0.15) is 0 Å². The van der Waals surface area contributed by atoms with E-state index in [1.165, 1.54) is 12.1 Å². The van der Waals surface area contributed by atoms with E-state index >= 15 is 0 Å². The van der Waals surface area contributed by atoms with Crippen molar-refractivity contribution in [2.24, 2.45) is 0 Å². The van der Waals surface area contributed by atoms with Crippen LogP contribution in [0.1, 0.15) is 50.0 Å². The summed E-state index contributed by atoms with van der Waals surface area (Å²) in [7, 11) is 1.94. The van der Waals surface area contributed by atoms with Crippen molar-refractivity contribution in [3.05, 3.63) is 29.8 Å². The fourth-order valence-electron chi connectivity index (χ4n) is 4.52. The van der Waals surface area contributed by atoms with Crippen LogP contribution in [0.5, 0.6) is 5.75 Å². The van der Waals surface area contributed by atoms with E-state index in [0.29, 0.717) is 31.0 Å². The molecule has 2 atom stereocenters. The average Bonchev–Trinajstić information content (AvgIpc) is 3.07. The maximum absolute atomic E-state index is 12.6.